The van der Waals surface area contributed by atoms with E-state index in [1.54, 1.807) is 0 Å². The molecule has 0 aromatic rings. The van der Waals surface area contributed by atoms with Crippen molar-refractivity contribution in [2.24, 2.45) is 0 Å². The molecule has 0 unspecified atom stereocenters. The summed E-state index contributed by atoms with van der Waals surface area (Å²) in [6.45, 7) is 8.65. The monoisotopic (exact) mass is 402 g/mol. The van der Waals surface area contributed by atoms with Gasteiger partial charge in [-0.15, -0.1) is 0 Å². The van der Waals surface area contributed by atoms with E-state index in [4.69, 9.17) is 0 Å². The predicted molar refractivity (Wildman–Crippen MR) is 80.1 cm³/mol. The minimum Gasteiger partial charge on any atom is -1.00 e. The Morgan fingerprint density at radius 2 is 1.14 bits per heavy atom. The average molecular weight is 405 g/mol. The third-order valence-corrected chi connectivity index (χ3v) is 3.16. The maximum atomic E-state index is 3.33. The number of hydrogen-bond donors (Lipinski definition) is 0. The van der Waals surface area contributed by atoms with Gasteiger partial charge in [-0.1, -0.05) is 66.2 Å². The van der Waals surface area contributed by atoms with Crippen LogP contribution in [0.3, 0.4) is 0 Å². The molecular weight excluding hydrogens is 378 g/mol. The molecule has 0 radical (unpaired) electrons. The second-order valence-electron chi connectivity index (χ2n) is 5.14. The van der Waals surface area contributed by atoms with Gasteiger partial charge in [-0.25, -0.2) is 35.5 Å². The van der Waals surface area contributed by atoms with Crippen LogP contribution in [-0.4, -0.2) is 0 Å². The van der Waals surface area contributed by atoms with Crippen molar-refractivity contribution in [1.82, 2.24) is 0 Å². The van der Waals surface area contributed by atoms with Crippen molar-refractivity contribution < 1.29 is 51.0 Å². The van der Waals surface area contributed by atoms with E-state index in [2.05, 4.69) is 52.0 Å². The summed E-state index contributed by atoms with van der Waals surface area (Å²) >= 11 is 0. The fourth-order valence-corrected chi connectivity index (χ4v) is 2.25. The van der Waals surface area contributed by atoms with Crippen LogP contribution in [0.4, 0.5) is 0 Å². The Morgan fingerprint density at radius 1 is 0.810 bits per heavy atom. The quantitative estimate of drug-likeness (QED) is 0.567. The smallest absolute Gasteiger partial charge is 1.00 e. The van der Waals surface area contributed by atoms with Gasteiger partial charge < -0.3 is 24.8 Å². The summed E-state index contributed by atoms with van der Waals surface area (Å²) in [6, 6.07) is 0. The first-order valence-corrected chi connectivity index (χ1v) is 7.22. The Balaban J connectivity index is -0.000000270. The largest absolute Gasteiger partial charge is 4.00 e. The molecule has 0 saturated carbocycles. The molecule has 0 fully saturated rings. The maximum absolute atomic E-state index is 3.33. The standard InChI is InChI=1S/2C9H13.2ClH.Zr/c2*1-3-4-9-6-5-8(2)7-9;;;/h2*5H,3-4,6H2,1-2H3;2*1H;/q2*-1;;;+4/p-2. The molecule has 0 aromatic heterocycles. The molecule has 0 atom stereocenters. The molecule has 0 spiro atoms. The zero-order valence-electron chi connectivity index (χ0n) is 13.7. The fraction of sp³-hybridized carbons (Fsp3) is 0.556. The summed E-state index contributed by atoms with van der Waals surface area (Å²) in [4.78, 5) is 0. The van der Waals surface area contributed by atoms with Crippen molar-refractivity contribution in [3.8, 4) is 0 Å². The molecule has 0 N–H and O–H groups in total. The molecule has 2 aliphatic rings. The van der Waals surface area contributed by atoms with Gasteiger partial charge in [0.1, 0.15) is 0 Å². The van der Waals surface area contributed by atoms with Crippen LogP contribution in [0.15, 0.2) is 34.4 Å². The van der Waals surface area contributed by atoms with E-state index in [1.165, 1.54) is 48.0 Å². The van der Waals surface area contributed by atoms with Crippen LogP contribution in [0.25, 0.3) is 0 Å². The molecule has 0 saturated heterocycles. The van der Waals surface area contributed by atoms with Gasteiger partial charge in [-0.05, 0) is 0 Å². The number of halogens is 2. The summed E-state index contributed by atoms with van der Waals surface area (Å²) in [6.07, 6.45) is 18.4. The first-order chi connectivity index (χ1) is 8.65. The van der Waals surface area contributed by atoms with E-state index >= 15 is 0 Å². The van der Waals surface area contributed by atoms with Crippen molar-refractivity contribution in [2.45, 2.75) is 66.2 Å². The van der Waals surface area contributed by atoms with Gasteiger partial charge in [0.15, 0.2) is 0 Å². The van der Waals surface area contributed by atoms with Gasteiger partial charge >= 0.3 is 26.2 Å². The maximum Gasteiger partial charge on any atom is 4.00 e. The molecule has 0 aromatic carbocycles. The molecule has 0 nitrogen and oxygen atoms in total. The van der Waals surface area contributed by atoms with Crippen LogP contribution in [0.5, 0.6) is 0 Å². The van der Waals surface area contributed by atoms with Crippen LogP contribution >= 0.6 is 0 Å². The summed E-state index contributed by atoms with van der Waals surface area (Å²) in [5.41, 5.74) is 5.60. The molecule has 0 aliphatic heterocycles. The molecule has 0 bridgehead atoms. The summed E-state index contributed by atoms with van der Waals surface area (Å²) < 4.78 is 0. The number of hydrogen-bond acceptors (Lipinski definition) is 0. The molecule has 116 valence electrons. The molecular formula is C18H26Cl2Zr. The molecule has 2 rings (SSSR count). The molecule has 2 aliphatic carbocycles. The van der Waals surface area contributed by atoms with Crippen LogP contribution in [-0.2, 0) is 26.2 Å². The Morgan fingerprint density at radius 3 is 1.33 bits per heavy atom. The van der Waals surface area contributed by atoms with Crippen LogP contribution in [0, 0.1) is 12.2 Å². The Bertz CT molecular complexity index is 352. The van der Waals surface area contributed by atoms with Crippen molar-refractivity contribution >= 4 is 0 Å². The van der Waals surface area contributed by atoms with Gasteiger partial charge in [0.25, 0.3) is 0 Å². The first-order valence-electron chi connectivity index (χ1n) is 7.22. The second kappa shape index (κ2) is 15.3. The number of allylic oxidation sites excluding steroid dienone is 8. The van der Waals surface area contributed by atoms with Gasteiger partial charge in [0.05, 0.1) is 0 Å². The summed E-state index contributed by atoms with van der Waals surface area (Å²) in [5.74, 6) is 0. The predicted octanol–water partition coefficient (Wildman–Crippen LogP) is -0.262. The normalized spacial score (nSPS) is 15.0. The Kier molecular flexibility index (Phi) is 19.2. The van der Waals surface area contributed by atoms with Crippen LogP contribution in [0.1, 0.15) is 66.2 Å². The molecule has 3 heteroatoms. The third-order valence-electron chi connectivity index (χ3n) is 3.16. The molecule has 0 amide bonds. The van der Waals surface area contributed by atoms with Crippen molar-refractivity contribution in [3.63, 3.8) is 0 Å². The third kappa shape index (κ3) is 11.6. The topological polar surface area (TPSA) is 0 Å². The van der Waals surface area contributed by atoms with Gasteiger partial charge in [-0.3, -0.25) is 0 Å². The molecule has 0 heterocycles. The van der Waals surface area contributed by atoms with Gasteiger partial charge in [-0.2, -0.15) is 11.1 Å². The zero-order chi connectivity index (χ0) is 13.4. The van der Waals surface area contributed by atoms with Gasteiger partial charge in [0, 0.05) is 0 Å². The second-order valence-corrected chi connectivity index (χ2v) is 5.14. The van der Waals surface area contributed by atoms with Crippen molar-refractivity contribution in [3.05, 3.63) is 46.6 Å². The van der Waals surface area contributed by atoms with E-state index < -0.39 is 0 Å². The van der Waals surface area contributed by atoms with E-state index in [9.17, 15) is 0 Å². The zero-order valence-corrected chi connectivity index (χ0v) is 17.6. The van der Waals surface area contributed by atoms with E-state index in [0.717, 1.165) is 12.8 Å². The van der Waals surface area contributed by atoms with E-state index in [0.29, 0.717) is 0 Å². The summed E-state index contributed by atoms with van der Waals surface area (Å²) in [5, 5.41) is 0. The fourth-order valence-electron chi connectivity index (χ4n) is 2.25. The van der Waals surface area contributed by atoms with Crippen molar-refractivity contribution in [2.75, 3.05) is 0 Å². The average Bonchev–Trinajstić information content (AvgIpc) is 2.90. The van der Waals surface area contributed by atoms with E-state index in [-0.39, 0.29) is 51.0 Å². The Labute approximate surface area is 163 Å². The number of rotatable bonds is 4. The van der Waals surface area contributed by atoms with Crippen LogP contribution < -0.4 is 24.8 Å². The van der Waals surface area contributed by atoms with Crippen molar-refractivity contribution in [1.29, 1.82) is 0 Å². The van der Waals surface area contributed by atoms with Gasteiger partial charge in [0.2, 0.25) is 0 Å². The summed E-state index contributed by atoms with van der Waals surface area (Å²) in [7, 11) is 0. The minimum atomic E-state index is 0. The molecule has 21 heavy (non-hydrogen) atoms. The first kappa shape index (κ1) is 26.3. The Hall–Kier alpha value is 0.423. The van der Waals surface area contributed by atoms with E-state index in [1.807, 2.05) is 0 Å². The SMILES string of the molecule is CCCC1=[C-]C(C)=CC1.CCCC1=[C-]C(C)=CC1.[Cl-].[Cl-].[Zr+4]. The minimum absolute atomic E-state index is 0. The van der Waals surface area contributed by atoms with Crippen LogP contribution in [0.2, 0.25) is 0 Å².